The normalized spacial score (nSPS) is 22.5. The molecule has 5 heteroatoms. The van der Waals surface area contributed by atoms with E-state index in [9.17, 15) is 0 Å². The molecule has 0 amide bonds. The van der Waals surface area contributed by atoms with Gasteiger partial charge < -0.3 is 13.8 Å². The van der Waals surface area contributed by atoms with E-state index in [2.05, 4.69) is 33.4 Å². The summed E-state index contributed by atoms with van der Waals surface area (Å²) in [5, 5.41) is 0.729. The maximum Gasteiger partial charge on any atom is 0.198 e. The summed E-state index contributed by atoms with van der Waals surface area (Å²) >= 11 is 6.07. The number of rotatable bonds is 7. The van der Waals surface area contributed by atoms with Crippen LogP contribution in [0.3, 0.4) is 0 Å². The summed E-state index contributed by atoms with van der Waals surface area (Å²) in [4.78, 5) is 0. The van der Waals surface area contributed by atoms with Crippen molar-refractivity contribution in [2.75, 3.05) is 19.6 Å². The number of benzene rings is 1. The van der Waals surface area contributed by atoms with Crippen LogP contribution in [0.5, 0.6) is 0 Å². The third kappa shape index (κ3) is 6.36. The van der Waals surface area contributed by atoms with Crippen LogP contribution in [0.2, 0.25) is 5.02 Å². The number of hydrogen-bond acceptors (Lipinski definition) is 3. The topological polar surface area (TPSA) is 27.7 Å². The van der Waals surface area contributed by atoms with Crippen LogP contribution in [0, 0.1) is 0 Å². The summed E-state index contributed by atoms with van der Waals surface area (Å²) in [5.74, 6) is 0. The summed E-state index contributed by atoms with van der Waals surface area (Å²) in [6.07, 6.45) is 5.29. The van der Waals surface area contributed by atoms with E-state index in [1.165, 1.54) is 16.7 Å². The van der Waals surface area contributed by atoms with Crippen LogP contribution in [0.15, 0.2) is 59.7 Å². The van der Waals surface area contributed by atoms with Crippen molar-refractivity contribution in [1.29, 1.82) is 0 Å². The van der Waals surface area contributed by atoms with Crippen molar-refractivity contribution in [1.82, 2.24) is 0 Å². The fraction of sp³-hybridized carbons (Fsp3) is 0.400. The molecule has 1 fully saturated rings. The van der Waals surface area contributed by atoms with Gasteiger partial charge in [0.15, 0.2) is 8.38 Å². The summed E-state index contributed by atoms with van der Waals surface area (Å²) in [7, 11) is -1.03. The summed E-state index contributed by atoms with van der Waals surface area (Å²) in [6.45, 7) is 11.3. The lowest BCUT2D eigenvalue weighted by Crippen LogP contribution is -2.13. The molecule has 25 heavy (non-hydrogen) atoms. The van der Waals surface area contributed by atoms with E-state index in [0.29, 0.717) is 19.6 Å². The average Bonchev–Trinajstić information content (AvgIpc) is 2.64. The van der Waals surface area contributed by atoms with Crippen LogP contribution in [0.1, 0.15) is 38.9 Å². The second-order valence-corrected chi connectivity index (χ2v) is 7.83. The van der Waals surface area contributed by atoms with Gasteiger partial charge in [0, 0.05) is 11.4 Å². The minimum absolute atomic E-state index is 0.0276. The number of halogens is 1. The number of ether oxygens (including phenoxy) is 1. The molecule has 0 radical (unpaired) electrons. The van der Waals surface area contributed by atoms with Gasteiger partial charge in [-0.3, -0.25) is 0 Å². The van der Waals surface area contributed by atoms with Gasteiger partial charge in [0.25, 0.3) is 0 Å². The van der Waals surface area contributed by atoms with Gasteiger partial charge in [-0.15, -0.1) is 0 Å². The Bertz CT molecular complexity index is 654. The van der Waals surface area contributed by atoms with Crippen LogP contribution in [-0.4, -0.2) is 19.6 Å². The third-order valence-corrected chi connectivity index (χ3v) is 5.86. The van der Waals surface area contributed by atoms with Gasteiger partial charge in [-0.25, -0.2) is 0 Å². The van der Waals surface area contributed by atoms with Gasteiger partial charge in [-0.2, -0.15) is 0 Å². The van der Waals surface area contributed by atoms with Crippen LogP contribution < -0.4 is 0 Å². The van der Waals surface area contributed by atoms with Crippen molar-refractivity contribution in [2.45, 2.75) is 33.3 Å². The first kappa shape index (κ1) is 20.4. The first-order valence-electron chi connectivity index (χ1n) is 8.38. The molecule has 0 bridgehead atoms. The summed E-state index contributed by atoms with van der Waals surface area (Å²) in [5.41, 5.74) is 4.71. The van der Waals surface area contributed by atoms with Crippen molar-refractivity contribution in [3.63, 3.8) is 0 Å². The molecule has 136 valence electrons. The van der Waals surface area contributed by atoms with Crippen LogP contribution >= 0.6 is 20.0 Å². The zero-order valence-electron chi connectivity index (χ0n) is 15.1. The van der Waals surface area contributed by atoms with Gasteiger partial charge in [0.2, 0.25) is 0 Å². The molecule has 1 unspecified atom stereocenters. The smallest absolute Gasteiger partial charge is 0.198 e. The highest BCUT2D eigenvalue weighted by molar-refractivity contribution is 7.47. The molecule has 1 saturated heterocycles. The van der Waals surface area contributed by atoms with Gasteiger partial charge >= 0.3 is 0 Å². The Morgan fingerprint density at radius 2 is 2.20 bits per heavy atom. The second kappa shape index (κ2) is 10.3. The minimum Gasteiger partial charge on any atom is -0.368 e. The first-order chi connectivity index (χ1) is 12.0. The van der Waals surface area contributed by atoms with Gasteiger partial charge in [0.05, 0.1) is 19.3 Å². The Hall–Kier alpha value is -0.960. The SMILES string of the molecule is C=C/C(C)=C(C)\C(C)=C/COC[P@@]1OCCC(c2cccc(Cl)c2)O1. The van der Waals surface area contributed by atoms with Gasteiger partial charge in [-0.05, 0) is 55.2 Å². The van der Waals surface area contributed by atoms with Crippen molar-refractivity contribution >= 4 is 20.0 Å². The molecule has 0 N–H and O–H groups in total. The summed E-state index contributed by atoms with van der Waals surface area (Å²) in [6, 6.07) is 7.81. The molecule has 2 atom stereocenters. The predicted octanol–water partition coefficient (Wildman–Crippen LogP) is 6.57. The van der Waals surface area contributed by atoms with Crippen LogP contribution in [0.25, 0.3) is 0 Å². The maximum absolute atomic E-state index is 6.07. The van der Waals surface area contributed by atoms with Gasteiger partial charge in [0.1, 0.15) is 6.35 Å². The standard InChI is InChI=1S/C20H26ClO3P/c1-5-15(2)17(4)16(3)9-11-22-14-25-23-12-10-20(24-25)18-7-6-8-19(21)13-18/h5-9,13,20H,1,10-12,14H2,2-4H3/b16-9-,17-15-/t20?,25-/m0/s1. The fourth-order valence-electron chi connectivity index (χ4n) is 2.42. The lowest BCUT2D eigenvalue weighted by Gasteiger charge is -2.29. The molecule has 1 heterocycles. The van der Waals surface area contributed by atoms with Crippen molar-refractivity contribution in [3.05, 3.63) is 70.3 Å². The predicted molar refractivity (Wildman–Crippen MR) is 106 cm³/mol. The molecule has 1 aromatic carbocycles. The molecule has 1 aliphatic rings. The van der Waals surface area contributed by atoms with Crippen LogP contribution in [0.4, 0.5) is 0 Å². The van der Waals surface area contributed by atoms with E-state index < -0.39 is 8.38 Å². The molecule has 0 aliphatic carbocycles. The van der Waals surface area contributed by atoms with E-state index in [1.54, 1.807) is 0 Å². The Morgan fingerprint density at radius 1 is 1.40 bits per heavy atom. The second-order valence-electron chi connectivity index (χ2n) is 6.00. The number of allylic oxidation sites excluding steroid dienone is 4. The van der Waals surface area contributed by atoms with Gasteiger partial charge in [-0.1, -0.05) is 42.5 Å². The average molecular weight is 381 g/mol. The molecule has 0 saturated carbocycles. The van der Waals surface area contributed by atoms with E-state index in [0.717, 1.165) is 17.0 Å². The fourth-order valence-corrected chi connectivity index (χ4v) is 3.89. The van der Waals surface area contributed by atoms with Crippen LogP contribution in [-0.2, 0) is 13.8 Å². The maximum atomic E-state index is 6.07. The molecule has 1 aliphatic heterocycles. The van der Waals surface area contributed by atoms with Crippen molar-refractivity contribution in [3.8, 4) is 0 Å². The Balaban J connectivity index is 1.82. The molecule has 0 aromatic heterocycles. The molecule has 2 rings (SSSR count). The zero-order chi connectivity index (χ0) is 18.2. The van der Waals surface area contributed by atoms with E-state index in [1.807, 2.05) is 30.3 Å². The van der Waals surface area contributed by atoms with Crippen molar-refractivity contribution in [2.24, 2.45) is 0 Å². The van der Waals surface area contributed by atoms with E-state index >= 15 is 0 Å². The Labute approximate surface area is 157 Å². The largest absolute Gasteiger partial charge is 0.368 e. The minimum atomic E-state index is -1.03. The lowest BCUT2D eigenvalue weighted by molar-refractivity contribution is 0.0883. The monoisotopic (exact) mass is 380 g/mol. The van der Waals surface area contributed by atoms with E-state index in [4.69, 9.17) is 25.4 Å². The molecule has 1 aromatic rings. The molecular formula is C20H26ClO3P. The van der Waals surface area contributed by atoms with Crippen molar-refractivity contribution < 1.29 is 13.8 Å². The first-order valence-corrected chi connectivity index (χ1v) is 10.1. The lowest BCUT2D eigenvalue weighted by atomic mass is 10.0. The third-order valence-electron chi connectivity index (χ3n) is 4.27. The highest BCUT2D eigenvalue weighted by Crippen LogP contribution is 2.48. The molecule has 3 nitrogen and oxygen atoms in total. The Morgan fingerprint density at radius 3 is 2.92 bits per heavy atom. The van der Waals surface area contributed by atoms with E-state index in [-0.39, 0.29) is 6.10 Å². The zero-order valence-corrected chi connectivity index (χ0v) is 16.8. The molecule has 0 spiro atoms. The quantitative estimate of drug-likeness (QED) is 0.304. The highest BCUT2D eigenvalue weighted by atomic mass is 35.5. The highest BCUT2D eigenvalue weighted by Gasteiger charge is 2.25. The summed E-state index contributed by atoms with van der Waals surface area (Å²) < 4.78 is 17.5. The number of hydrogen-bond donors (Lipinski definition) is 0. The molecular weight excluding hydrogens is 355 g/mol. The Kier molecular flexibility index (Phi) is 8.35.